The van der Waals surface area contributed by atoms with E-state index in [9.17, 15) is 8.78 Å². The van der Waals surface area contributed by atoms with Gasteiger partial charge in [-0.15, -0.1) is 0 Å². The number of nitrogens with one attached hydrogen (secondary N) is 2. The van der Waals surface area contributed by atoms with E-state index >= 15 is 0 Å². The lowest BCUT2D eigenvalue weighted by Crippen LogP contribution is -2.31. The SMILES string of the molecule is Fc1ccc(F)c(NCC2CCNCC2)c1. The van der Waals surface area contributed by atoms with Gasteiger partial charge in [-0.25, -0.2) is 8.78 Å². The lowest BCUT2D eigenvalue weighted by atomic mass is 9.98. The fourth-order valence-corrected chi connectivity index (χ4v) is 1.97. The van der Waals surface area contributed by atoms with E-state index in [0.29, 0.717) is 12.5 Å². The van der Waals surface area contributed by atoms with Crippen LogP contribution in [0.25, 0.3) is 0 Å². The largest absolute Gasteiger partial charge is 0.382 e. The summed E-state index contributed by atoms with van der Waals surface area (Å²) in [6.07, 6.45) is 2.17. The van der Waals surface area contributed by atoms with Gasteiger partial charge in [0.1, 0.15) is 11.6 Å². The summed E-state index contributed by atoms with van der Waals surface area (Å²) in [5, 5.41) is 6.25. The van der Waals surface area contributed by atoms with E-state index in [0.717, 1.165) is 38.1 Å². The van der Waals surface area contributed by atoms with Crippen LogP contribution in [0.2, 0.25) is 0 Å². The molecule has 4 heteroatoms. The van der Waals surface area contributed by atoms with Crippen LogP contribution in [0, 0.1) is 17.6 Å². The molecule has 16 heavy (non-hydrogen) atoms. The zero-order valence-corrected chi connectivity index (χ0v) is 9.10. The van der Waals surface area contributed by atoms with Crippen LogP contribution >= 0.6 is 0 Å². The minimum absolute atomic E-state index is 0.263. The number of halogens is 2. The molecule has 0 spiro atoms. The van der Waals surface area contributed by atoms with Crippen molar-refractivity contribution in [1.29, 1.82) is 0 Å². The second-order valence-electron chi connectivity index (χ2n) is 4.20. The van der Waals surface area contributed by atoms with Crippen molar-refractivity contribution in [3.05, 3.63) is 29.8 Å². The maximum atomic E-state index is 13.3. The Balaban J connectivity index is 1.90. The van der Waals surface area contributed by atoms with Crippen molar-refractivity contribution in [2.75, 3.05) is 25.0 Å². The number of hydrogen-bond acceptors (Lipinski definition) is 2. The van der Waals surface area contributed by atoms with Crippen molar-refractivity contribution >= 4 is 5.69 Å². The molecule has 2 N–H and O–H groups in total. The Morgan fingerprint density at radius 3 is 2.75 bits per heavy atom. The average molecular weight is 226 g/mol. The topological polar surface area (TPSA) is 24.1 Å². The first-order chi connectivity index (χ1) is 7.75. The predicted molar refractivity (Wildman–Crippen MR) is 60.4 cm³/mol. The van der Waals surface area contributed by atoms with Gasteiger partial charge in [0.2, 0.25) is 0 Å². The molecule has 1 heterocycles. The van der Waals surface area contributed by atoms with Crippen LogP contribution in [-0.4, -0.2) is 19.6 Å². The molecule has 0 amide bonds. The highest BCUT2D eigenvalue weighted by Gasteiger charge is 2.13. The molecule has 0 aromatic heterocycles. The quantitative estimate of drug-likeness (QED) is 0.826. The third-order valence-electron chi connectivity index (χ3n) is 2.97. The first-order valence-corrected chi connectivity index (χ1v) is 5.65. The van der Waals surface area contributed by atoms with Crippen molar-refractivity contribution in [2.24, 2.45) is 5.92 Å². The molecule has 0 atom stereocenters. The highest BCUT2D eigenvalue weighted by Crippen LogP contribution is 2.18. The van der Waals surface area contributed by atoms with Crippen molar-refractivity contribution in [3.63, 3.8) is 0 Å². The van der Waals surface area contributed by atoms with Crippen LogP contribution in [0.4, 0.5) is 14.5 Å². The van der Waals surface area contributed by atoms with Crippen LogP contribution in [-0.2, 0) is 0 Å². The highest BCUT2D eigenvalue weighted by atomic mass is 19.1. The Morgan fingerprint density at radius 2 is 2.00 bits per heavy atom. The van der Waals surface area contributed by atoms with E-state index in [4.69, 9.17) is 0 Å². The van der Waals surface area contributed by atoms with Gasteiger partial charge >= 0.3 is 0 Å². The average Bonchev–Trinajstić information content (AvgIpc) is 2.32. The molecule has 1 aromatic carbocycles. The summed E-state index contributed by atoms with van der Waals surface area (Å²) in [5.41, 5.74) is 0.263. The standard InChI is InChI=1S/C12H16F2N2/c13-10-1-2-11(14)12(7-10)16-8-9-3-5-15-6-4-9/h1-2,7,9,15-16H,3-6,8H2. The third kappa shape index (κ3) is 2.92. The summed E-state index contributed by atoms with van der Waals surface area (Å²) >= 11 is 0. The van der Waals surface area contributed by atoms with Crippen molar-refractivity contribution in [3.8, 4) is 0 Å². The number of anilines is 1. The van der Waals surface area contributed by atoms with Gasteiger partial charge in [0.25, 0.3) is 0 Å². The molecule has 1 aromatic rings. The molecular weight excluding hydrogens is 210 g/mol. The molecule has 1 fully saturated rings. The minimum Gasteiger partial charge on any atom is -0.382 e. The second kappa shape index (κ2) is 5.25. The Kier molecular flexibility index (Phi) is 3.72. The van der Waals surface area contributed by atoms with Gasteiger partial charge in [-0.1, -0.05) is 0 Å². The minimum atomic E-state index is -0.408. The first-order valence-electron chi connectivity index (χ1n) is 5.65. The van der Waals surface area contributed by atoms with Crippen LogP contribution in [0.5, 0.6) is 0 Å². The number of rotatable bonds is 3. The van der Waals surface area contributed by atoms with Crippen LogP contribution in [0.1, 0.15) is 12.8 Å². The molecule has 1 aliphatic heterocycles. The van der Waals surface area contributed by atoms with Crippen molar-refractivity contribution < 1.29 is 8.78 Å². The van der Waals surface area contributed by atoms with E-state index in [-0.39, 0.29) is 5.69 Å². The molecule has 2 rings (SSSR count). The molecule has 0 saturated carbocycles. The van der Waals surface area contributed by atoms with Gasteiger partial charge in [0, 0.05) is 6.54 Å². The Hall–Kier alpha value is -1.16. The molecule has 0 aliphatic carbocycles. The summed E-state index contributed by atoms with van der Waals surface area (Å²) in [5.74, 6) is -0.256. The van der Waals surface area contributed by atoms with E-state index in [1.807, 2.05) is 0 Å². The molecule has 88 valence electrons. The summed E-state index contributed by atoms with van der Waals surface area (Å²) in [7, 11) is 0. The highest BCUT2D eigenvalue weighted by molar-refractivity contribution is 5.44. The molecule has 1 aliphatic rings. The van der Waals surface area contributed by atoms with E-state index in [2.05, 4.69) is 10.6 Å². The maximum absolute atomic E-state index is 13.3. The Labute approximate surface area is 94.0 Å². The lowest BCUT2D eigenvalue weighted by Gasteiger charge is -2.23. The smallest absolute Gasteiger partial charge is 0.146 e. The van der Waals surface area contributed by atoms with Crippen LogP contribution < -0.4 is 10.6 Å². The lowest BCUT2D eigenvalue weighted by molar-refractivity contribution is 0.389. The van der Waals surface area contributed by atoms with Gasteiger partial charge in [0.15, 0.2) is 0 Å². The fourth-order valence-electron chi connectivity index (χ4n) is 1.97. The number of piperidine rings is 1. The van der Waals surface area contributed by atoms with Gasteiger partial charge in [0.05, 0.1) is 5.69 Å². The Bertz CT molecular complexity index is 349. The van der Waals surface area contributed by atoms with E-state index in [1.54, 1.807) is 0 Å². The number of benzene rings is 1. The zero-order valence-electron chi connectivity index (χ0n) is 9.10. The van der Waals surface area contributed by atoms with Crippen molar-refractivity contribution in [2.45, 2.75) is 12.8 Å². The molecule has 2 nitrogen and oxygen atoms in total. The van der Waals surface area contributed by atoms with Gasteiger partial charge in [-0.05, 0) is 50.0 Å². The van der Waals surface area contributed by atoms with Gasteiger partial charge < -0.3 is 10.6 Å². The molecule has 0 radical (unpaired) electrons. The zero-order chi connectivity index (χ0) is 11.4. The summed E-state index contributed by atoms with van der Waals surface area (Å²) in [6, 6.07) is 3.49. The summed E-state index contributed by atoms with van der Waals surface area (Å²) in [6.45, 7) is 2.73. The summed E-state index contributed by atoms with van der Waals surface area (Å²) in [4.78, 5) is 0. The van der Waals surface area contributed by atoms with E-state index in [1.165, 1.54) is 6.07 Å². The molecule has 1 saturated heterocycles. The monoisotopic (exact) mass is 226 g/mol. The normalized spacial score (nSPS) is 17.4. The van der Waals surface area contributed by atoms with Gasteiger partial charge in [-0.3, -0.25) is 0 Å². The second-order valence-corrected chi connectivity index (χ2v) is 4.20. The predicted octanol–water partition coefficient (Wildman–Crippen LogP) is 2.38. The summed E-state index contributed by atoms with van der Waals surface area (Å²) < 4.78 is 26.2. The number of hydrogen-bond donors (Lipinski definition) is 2. The molecular formula is C12H16F2N2. The van der Waals surface area contributed by atoms with Crippen molar-refractivity contribution in [1.82, 2.24) is 5.32 Å². The van der Waals surface area contributed by atoms with Crippen LogP contribution in [0.15, 0.2) is 18.2 Å². The van der Waals surface area contributed by atoms with E-state index < -0.39 is 11.6 Å². The van der Waals surface area contributed by atoms with Gasteiger partial charge in [-0.2, -0.15) is 0 Å². The molecule has 0 unspecified atom stereocenters. The van der Waals surface area contributed by atoms with Crippen LogP contribution in [0.3, 0.4) is 0 Å². The fraction of sp³-hybridized carbons (Fsp3) is 0.500. The third-order valence-corrected chi connectivity index (χ3v) is 2.97. The Morgan fingerprint density at radius 1 is 1.25 bits per heavy atom. The first kappa shape index (κ1) is 11.3. The molecule has 0 bridgehead atoms. The maximum Gasteiger partial charge on any atom is 0.146 e.